The highest BCUT2D eigenvalue weighted by Crippen LogP contribution is 2.24. The topological polar surface area (TPSA) is 58.7 Å². The summed E-state index contributed by atoms with van der Waals surface area (Å²) in [5, 5.41) is 9.96. The average Bonchev–Trinajstić information content (AvgIpc) is 2.76. The zero-order chi connectivity index (χ0) is 19.5. The van der Waals surface area contributed by atoms with E-state index < -0.39 is 0 Å². The first-order chi connectivity index (χ1) is 13.7. The van der Waals surface area contributed by atoms with Gasteiger partial charge in [-0.15, -0.1) is 0 Å². The van der Waals surface area contributed by atoms with Crippen LogP contribution in [0.4, 0.5) is 0 Å². The van der Waals surface area contributed by atoms with Crippen LogP contribution in [0, 0.1) is 11.3 Å². The molecule has 0 fully saturated rings. The van der Waals surface area contributed by atoms with Crippen molar-refractivity contribution in [3.8, 4) is 17.2 Å². The van der Waals surface area contributed by atoms with E-state index in [1.165, 1.54) is 0 Å². The van der Waals surface area contributed by atoms with Gasteiger partial charge < -0.3 is 4.57 Å². The van der Waals surface area contributed by atoms with Crippen molar-refractivity contribution >= 4 is 10.9 Å². The molecule has 0 saturated heterocycles. The fourth-order valence-corrected chi connectivity index (χ4v) is 3.52. The minimum absolute atomic E-state index is 0.174. The maximum absolute atomic E-state index is 12.3. The SMILES string of the molecule is CCc1nc(=O)c2ccccc2n1Cc1ccc(-c2ccccc2C#N)cc1. The third-order valence-corrected chi connectivity index (χ3v) is 4.94. The summed E-state index contributed by atoms with van der Waals surface area (Å²) < 4.78 is 2.11. The molecular weight excluding hydrogens is 346 g/mol. The molecule has 0 aliphatic rings. The predicted octanol–water partition coefficient (Wildman–Crippen LogP) is 4.55. The lowest BCUT2D eigenvalue weighted by molar-refractivity contribution is 0.724. The van der Waals surface area contributed by atoms with E-state index in [1.54, 1.807) is 0 Å². The first-order valence-corrected chi connectivity index (χ1v) is 9.28. The smallest absolute Gasteiger partial charge is 0.280 e. The molecule has 0 unspecified atom stereocenters. The average molecular weight is 365 g/mol. The lowest BCUT2D eigenvalue weighted by Crippen LogP contribution is -2.19. The van der Waals surface area contributed by atoms with E-state index in [9.17, 15) is 10.1 Å². The highest BCUT2D eigenvalue weighted by Gasteiger charge is 2.10. The zero-order valence-corrected chi connectivity index (χ0v) is 15.6. The van der Waals surface area contributed by atoms with Crippen molar-refractivity contribution in [3.05, 3.63) is 100 Å². The molecule has 1 heterocycles. The Kier molecular flexibility index (Phi) is 4.74. The van der Waals surface area contributed by atoms with Gasteiger partial charge >= 0.3 is 0 Å². The Morgan fingerprint density at radius 2 is 1.68 bits per heavy atom. The van der Waals surface area contributed by atoms with E-state index >= 15 is 0 Å². The summed E-state index contributed by atoms with van der Waals surface area (Å²) in [5.74, 6) is 0.780. The maximum Gasteiger partial charge on any atom is 0.280 e. The van der Waals surface area contributed by atoms with Crippen molar-refractivity contribution in [2.75, 3.05) is 0 Å². The summed E-state index contributed by atoms with van der Waals surface area (Å²) in [5.41, 5.74) is 4.45. The molecule has 4 aromatic rings. The van der Waals surface area contributed by atoms with E-state index in [1.807, 2.05) is 67.6 Å². The van der Waals surface area contributed by atoms with Crippen LogP contribution < -0.4 is 5.56 Å². The van der Waals surface area contributed by atoms with Gasteiger partial charge in [-0.25, -0.2) is 0 Å². The lowest BCUT2D eigenvalue weighted by Gasteiger charge is -2.15. The molecule has 4 rings (SSSR count). The predicted molar refractivity (Wildman–Crippen MR) is 111 cm³/mol. The third-order valence-electron chi connectivity index (χ3n) is 4.94. The Bertz CT molecular complexity index is 1250. The first kappa shape index (κ1) is 17.7. The molecule has 0 saturated carbocycles. The summed E-state index contributed by atoms with van der Waals surface area (Å²) >= 11 is 0. The van der Waals surface area contributed by atoms with Crippen molar-refractivity contribution in [3.63, 3.8) is 0 Å². The normalized spacial score (nSPS) is 10.7. The van der Waals surface area contributed by atoms with Gasteiger partial charge in [0, 0.05) is 13.0 Å². The van der Waals surface area contributed by atoms with Crippen molar-refractivity contribution < 1.29 is 0 Å². The summed E-state index contributed by atoms with van der Waals surface area (Å²) in [6.45, 7) is 2.64. The molecule has 0 bridgehead atoms. The van der Waals surface area contributed by atoms with Crippen LogP contribution in [-0.4, -0.2) is 9.55 Å². The molecular formula is C24H19N3O. The number of nitriles is 1. The lowest BCUT2D eigenvalue weighted by atomic mass is 9.99. The second-order valence-corrected chi connectivity index (χ2v) is 6.64. The van der Waals surface area contributed by atoms with E-state index in [2.05, 4.69) is 27.8 Å². The van der Waals surface area contributed by atoms with E-state index in [0.29, 0.717) is 23.9 Å². The number of hydrogen-bond donors (Lipinski definition) is 0. The van der Waals surface area contributed by atoms with E-state index in [-0.39, 0.29) is 5.56 Å². The second-order valence-electron chi connectivity index (χ2n) is 6.64. The minimum Gasteiger partial charge on any atom is -0.325 e. The summed E-state index contributed by atoms with van der Waals surface area (Å²) in [7, 11) is 0. The molecule has 28 heavy (non-hydrogen) atoms. The second kappa shape index (κ2) is 7.50. The Hall–Kier alpha value is -3.71. The Balaban J connectivity index is 1.74. The molecule has 0 spiro atoms. The Labute approximate surface area is 163 Å². The van der Waals surface area contributed by atoms with Crippen LogP contribution in [0.2, 0.25) is 0 Å². The van der Waals surface area contributed by atoms with Gasteiger partial charge in [0.25, 0.3) is 5.56 Å². The minimum atomic E-state index is -0.174. The molecule has 4 nitrogen and oxygen atoms in total. The highest BCUT2D eigenvalue weighted by atomic mass is 16.1. The van der Waals surface area contributed by atoms with Crippen LogP contribution in [0.3, 0.4) is 0 Å². The molecule has 0 radical (unpaired) electrons. The van der Waals surface area contributed by atoms with Crippen LogP contribution in [0.25, 0.3) is 22.0 Å². The fourth-order valence-electron chi connectivity index (χ4n) is 3.52. The maximum atomic E-state index is 12.3. The van der Waals surface area contributed by atoms with Crippen molar-refractivity contribution in [2.24, 2.45) is 0 Å². The standard InChI is InChI=1S/C24H19N3O/c1-2-23-26-24(28)21-9-5-6-10-22(21)27(23)16-17-11-13-18(14-12-17)20-8-4-3-7-19(20)15-25/h3-14H,2,16H2,1H3. The molecule has 0 aliphatic carbocycles. The van der Waals surface area contributed by atoms with Gasteiger partial charge in [0.1, 0.15) is 5.82 Å². The van der Waals surface area contributed by atoms with Gasteiger partial charge in [-0.2, -0.15) is 10.2 Å². The van der Waals surface area contributed by atoms with Gasteiger partial charge in [0.15, 0.2) is 0 Å². The van der Waals surface area contributed by atoms with Crippen LogP contribution >= 0.6 is 0 Å². The van der Waals surface area contributed by atoms with E-state index in [0.717, 1.165) is 28.0 Å². The third kappa shape index (κ3) is 3.19. The number of para-hydroxylation sites is 1. The van der Waals surface area contributed by atoms with Gasteiger partial charge in [-0.05, 0) is 34.9 Å². The molecule has 0 amide bonds. The molecule has 0 aliphatic heterocycles. The fraction of sp³-hybridized carbons (Fsp3) is 0.125. The van der Waals surface area contributed by atoms with Crippen molar-refractivity contribution in [1.29, 1.82) is 5.26 Å². The van der Waals surface area contributed by atoms with Crippen LogP contribution in [-0.2, 0) is 13.0 Å². The van der Waals surface area contributed by atoms with Crippen LogP contribution in [0.5, 0.6) is 0 Å². The number of hydrogen-bond acceptors (Lipinski definition) is 3. The largest absolute Gasteiger partial charge is 0.325 e. The quantitative estimate of drug-likeness (QED) is 0.533. The van der Waals surface area contributed by atoms with Crippen molar-refractivity contribution in [2.45, 2.75) is 19.9 Å². The monoisotopic (exact) mass is 365 g/mol. The number of aromatic nitrogens is 2. The van der Waals surface area contributed by atoms with Gasteiger partial charge in [0.2, 0.25) is 0 Å². The number of benzene rings is 3. The zero-order valence-electron chi connectivity index (χ0n) is 15.6. The van der Waals surface area contributed by atoms with Crippen molar-refractivity contribution in [1.82, 2.24) is 9.55 Å². The van der Waals surface area contributed by atoms with Crippen LogP contribution in [0.15, 0.2) is 77.6 Å². The Morgan fingerprint density at radius 1 is 0.964 bits per heavy atom. The van der Waals surface area contributed by atoms with E-state index in [4.69, 9.17) is 0 Å². The molecule has 3 aromatic carbocycles. The molecule has 136 valence electrons. The number of aryl methyl sites for hydroxylation is 1. The van der Waals surface area contributed by atoms with Gasteiger partial charge in [-0.3, -0.25) is 4.79 Å². The molecule has 1 aromatic heterocycles. The first-order valence-electron chi connectivity index (χ1n) is 9.28. The molecule has 0 atom stereocenters. The Morgan fingerprint density at radius 3 is 2.43 bits per heavy atom. The van der Waals surface area contributed by atoms with Gasteiger partial charge in [0.05, 0.1) is 22.5 Å². The highest BCUT2D eigenvalue weighted by molar-refractivity contribution is 5.78. The summed E-state index contributed by atoms with van der Waals surface area (Å²) in [4.78, 5) is 16.5. The van der Waals surface area contributed by atoms with Gasteiger partial charge in [-0.1, -0.05) is 61.5 Å². The number of fused-ring (bicyclic) bond motifs is 1. The number of nitrogens with zero attached hydrogens (tertiary/aromatic N) is 3. The van der Waals surface area contributed by atoms with Crippen LogP contribution in [0.1, 0.15) is 23.9 Å². The summed E-state index contributed by atoms with van der Waals surface area (Å²) in [6, 6.07) is 25.6. The molecule has 0 N–H and O–H groups in total. The molecule has 4 heteroatoms. The summed E-state index contributed by atoms with van der Waals surface area (Å²) in [6.07, 6.45) is 0.688. The number of rotatable bonds is 4.